The highest BCUT2D eigenvalue weighted by molar-refractivity contribution is 7.99. The molecule has 0 fully saturated rings. The van der Waals surface area contributed by atoms with E-state index in [1.165, 1.54) is 22.7 Å². The quantitative estimate of drug-likeness (QED) is 0.796. The fourth-order valence-electron chi connectivity index (χ4n) is 2.08. The number of fused-ring (bicyclic) bond motifs is 1. The number of benzene rings is 2. The Hall–Kier alpha value is -2.14. The molecule has 0 saturated heterocycles. The zero-order valence-corrected chi connectivity index (χ0v) is 11.4. The molecule has 1 aliphatic heterocycles. The summed E-state index contributed by atoms with van der Waals surface area (Å²) in [5.74, 6) is -1.32. The molecule has 1 heterocycles. The van der Waals surface area contributed by atoms with E-state index in [0.29, 0.717) is 16.1 Å². The number of Topliss-reactive ketones (excluding diaryl/α,β-unsaturated/α-hetero) is 1. The molecule has 2 aromatic rings. The first kappa shape index (κ1) is 12.9. The van der Waals surface area contributed by atoms with Crippen LogP contribution in [0, 0.1) is 5.82 Å². The van der Waals surface area contributed by atoms with Crippen molar-refractivity contribution in [3.8, 4) is 0 Å². The summed E-state index contributed by atoms with van der Waals surface area (Å²) in [4.78, 5) is 25.9. The number of anilines is 1. The second-order valence-corrected chi connectivity index (χ2v) is 5.52. The Bertz CT molecular complexity index is 730. The average Bonchev–Trinajstić information content (AvgIpc) is 2.66. The van der Waals surface area contributed by atoms with Crippen molar-refractivity contribution < 1.29 is 14.0 Å². The van der Waals surface area contributed by atoms with E-state index >= 15 is 0 Å². The molecule has 0 bridgehead atoms. The van der Waals surface area contributed by atoms with E-state index < -0.39 is 11.7 Å². The highest BCUT2D eigenvalue weighted by Gasteiger charge is 2.33. The Balaban J connectivity index is 1.97. The standard InChI is InChI=1S/C15H10FNO2S/c1-17-12-8-9(6-7-10(12)14(18)15(17)19)20-13-5-3-2-4-11(13)16/h2-8H,1H3. The molecular weight excluding hydrogens is 277 g/mol. The van der Waals surface area contributed by atoms with E-state index in [9.17, 15) is 14.0 Å². The molecule has 3 rings (SSSR count). The number of hydrogen-bond acceptors (Lipinski definition) is 3. The van der Waals surface area contributed by atoms with Crippen molar-refractivity contribution in [2.45, 2.75) is 9.79 Å². The molecule has 1 amide bonds. The van der Waals surface area contributed by atoms with Gasteiger partial charge in [-0.15, -0.1) is 0 Å². The molecule has 20 heavy (non-hydrogen) atoms. The number of rotatable bonds is 2. The van der Waals surface area contributed by atoms with Gasteiger partial charge in [0.05, 0.1) is 11.3 Å². The van der Waals surface area contributed by atoms with Crippen molar-refractivity contribution >= 4 is 29.1 Å². The molecule has 0 saturated carbocycles. The van der Waals surface area contributed by atoms with Gasteiger partial charge in [-0.05, 0) is 30.3 Å². The number of likely N-dealkylation sites (N-methyl/N-ethyl adjacent to an activating group) is 1. The van der Waals surface area contributed by atoms with Crippen LogP contribution in [0.15, 0.2) is 52.3 Å². The number of carbonyl (C=O) groups excluding carboxylic acids is 2. The Morgan fingerprint density at radius 1 is 1.10 bits per heavy atom. The van der Waals surface area contributed by atoms with Gasteiger partial charge in [-0.1, -0.05) is 23.9 Å². The van der Waals surface area contributed by atoms with Crippen molar-refractivity contribution in [2.75, 3.05) is 11.9 Å². The van der Waals surface area contributed by atoms with Gasteiger partial charge in [0.1, 0.15) is 5.82 Å². The minimum atomic E-state index is -0.534. The Morgan fingerprint density at radius 3 is 2.60 bits per heavy atom. The maximum atomic E-state index is 13.6. The second-order valence-electron chi connectivity index (χ2n) is 4.40. The summed E-state index contributed by atoms with van der Waals surface area (Å²) in [6.07, 6.45) is 0. The maximum absolute atomic E-state index is 13.6. The summed E-state index contributed by atoms with van der Waals surface area (Å²) in [6.45, 7) is 0. The van der Waals surface area contributed by atoms with Crippen molar-refractivity contribution in [3.05, 3.63) is 53.8 Å². The van der Waals surface area contributed by atoms with Crippen LogP contribution in [-0.2, 0) is 4.79 Å². The predicted molar refractivity (Wildman–Crippen MR) is 74.7 cm³/mol. The summed E-state index contributed by atoms with van der Waals surface area (Å²) >= 11 is 1.26. The Kier molecular flexibility index (Phi) is 3.06. The lowest BCUT2D eigenvalue weighted by Gasteiger charge is -2.10. The van der Waals surface area contributed by atoms with E-state index in [1.54, 1.807) is 43.4 Å². The van der Waals surface area contributed by atoms with Gasteiger partial charge in [0.2, 0.25) is 0 Å². The van der Waals surface area contributed by atoms with E-state index in [0.717, 1.165) is 4.90 Å². The van der Waals surface area contributed by atoms with Crippen LogP contribution in [0.25, 0.3) is 0 Å². The molecule has 0 atom stereocenters. The molecule has 3 nitrogen and oxygen atoms in total. The van der Waals surface area contributed by atoms with Crippen molar-refractivity contribution in [3.63, 3.8) is 0 Å². The second kappa shape index (κ2) is 4.76. The number of hydrogen-bond donors (Lipinski definition) is 0. The largest absolute Gasteiger partial charge is 0.308 e. The summed E-state index contributed by atoms with van der Waals surface area (Å²) in [6, 6.07) is 11.5. The minimum Gasteiger partial charge on any atom is -0.308 e. The van der Waals surface area contributed by atoms with Crippen molar-refractivity contribution in [2.24, 2.45) is 0 Å². The smallest absolute Gasteiger partial charge is 0.299 e. The normalized spacial score (nSPS) is 13.8. The maximum Gasteiger partial charge on any atom is 0.299 e. The molecule has 2 aromatic carbocycles. The van der Waals surface area contributed by atoms with E-state index in [2.05, 4.69) is 0 Å². The molecule has 1 aliphatic rings. The van der Waals surface area contributed by atoms with Gasteiger partial charge in [0.15, 0.2) is 0 Å². The third-order valence-corrected chi connectivity index (χ3v) is 4.18. The molecular formula is C15H10FNO2S. The molecule has 0 aromatic heterocycles. The fraction of sp³-hybridized carbons (Fsp3) is 0.0667. The summed E-state index contributed by atoms with van der Waals surface area (Å²) < 4.78 is 13.6. The first-order chi connectivity index (χ1) is 9.58. The number of nitrogens with zero attached hydrogens (tertiary/aromatic N) is 1. The van der Waals surface area contributed by atoms with Crippen LogP contribution < -0.4 is 4.90 Å². The van der Waals surface area contributed by atoms with Crippen molar-refractivity contribution in [1.82, 2.24) is 0 Å². The van der Waals surface area contributed by atoms with Gasteiger partial charge >= 0.3 is 0 Å². The van der Waals surface area contributed by atoms with Crippen LogP contribution in [0.3, 0.4) is 0 Å². The summed E-state index contributed by atoms with van der Waals surface area (Å²) in [5.41, 5.74) is 0.969. The monoisotopic (exact) mass is 287 g/mol. The number of carbonyl (C=O) groups is 2. The SMILES string of the molecule is CN1C(=O)C(=O)c2ccc(Sc3ccccc3F)cc21. The lowest BCUT2D eigenvalue weighted by molar-refractivity contribution is -0.114. The molecule has 0 aliphatic carbocycles. The number of amides is 1. The van der Waals surface area contributed by atoms with Crippen molar-refractivity contribution in [1.29, 1.82) is 0 Å². The van der Waals surface area contributed by atoms with Crippen LogP contribution in [0.1, 0.15) is 10.4 Å². The van der Waals surface area contributed by atoms with E-state index in [1.807, 2.05) is 0 Å². The van der Waals surface area contributed by atoms with Crippen LogP contribution in [0.4, 0.5) is 10.1 Å². The third kappa shape index (κ3) is 2.00. The first-order valence-corrected chi connectivity index (χ1v) is 6.78. The zero-order valence-electron chi connectivity index (χ0n) is 10.6. The summed E-state index contributed by atoms with van der Waals surface area (Å²) in [5, 5.41) is 0. The first-order valence-electron chi connectivity index (χ1n) is 5.97. The molecule has 0 N–H and O–H groups in total. The number of ketones is 1. The Morgan fingerprint density at radius 2 is 1.85 bits per heavy atom. The van der Waals surface area contributed by atoms with Crippen LogP contribution in [0.2, 0.25) is 0 Å². The Labute approximate surface area is 119 Å². The van der Waals surface area contributed by atoms with Gasteiger partial charge in [0, 0.05) is 16.8 Å². The zero-order chi connectivity index (χ0) is 14.3. The topological polar surface area (TPSA) is 37.4 Å². The molecule has 5 heteroatoms. The lowest BCUT2D eigenvalue weighted by Crippen LogP contribution is -2.24. The van der Waals surface area contributed by atoms with Gasteiger partial charge in [0.25, 0.3) is 11.7 Å². The van der Waals surface area contributed by atoms with E-state index in [4.69, 9.17) is 0 Å². The van der Waals surface area contributed by atoms with Crippen LogP contribution >= 0.6 is 11.8 Å². The predicted octanol–water partition coefficient (Wildman–Crippen LogP) is 3.14. The van der Waals surface area contributed by atoms with Gasteiger partial charge in [-0.3, -0.25) is 9.59 Å². The highest BCUT2D eigenvalue weighted by Crippen LogP contribution is 2.35. The molecule has 0 spiro atoms. The molecule has 0 unspecified atom stereocenters. The number of halogens is 1. The third-order valence-electron chi connectivity index (χ3n) is 3.14. The molecule has 0 radical (unpaired) electrons. The van der Waals surface area contributed by atoms with Crippen LogP contribution in [-0.4, -0.2) is 18.7 Å². The summed E-state index contributed by atoms with van der Waals surface area (Å²) in [7, 11) is 1.56. The average molecular weight is 287 g/mol. The van der Waals surface area contributed by atoms with Gasteiger partial charge in [-0.25, -0.2) is 4.39 Å². The lowest BCUT2D eigenvalue weighted by atomic mass is 10.1. The van der Waals surface area contributed by atoms with Gasteiger partial charge in [-0.2, -0.15) is 0 Å². The van der Waals surface area contributed by atoms with Gasteiger partial charge < -0.3 is 4.90 Å². The van der Waals surface area contributed by atoms with Crippen LogP contribution in [0.5, 0.6) is 0 Å². The highest BCUT2D eigenvalue weighted by atomic mass is 32.2. The molecule has 100 valence electrons. The fourth-order valence-corrected chi connectivity index (χ4v) is 2.95. The van der Waals surface area contributed by atoms with E-state index in [-0.39, 0.29) is 5.82 Å². The minimum absolute atomic E-state index is 0.293.